The van der Waals surface area contributed by atoms with E-state index in [0.29, 0.717) is 17.3 Å². The molecule has 0 aromatic carbocycles. The minimum Gasteiger partial charge on any atom is -0.395 e. The molecule has 2 rings (SSSR count). The number of nitrogens with zero attached hydrogens (tertiary/aromatic N) is 3. The minimum atomic E-state index is 0.0153. The Morgan fingerprint density at radius 2 is 2.29 bits per heavy atom. The lowest BCUT2D eigenvalue weighted by Gasteiger charge is -2.16. The quantitative estimate of drug-likeness (QED) is 0.838. The first-order valence-electron chi connectivity index (χ1n) is 6.13. The van der Waals surface area contributed by atoms with E-state index in [1.807, 2.05) is 11.8 Å². The standard InChI is InChI=1S/C12H20N4O/c1-4-9-5-6-16(7-9)12(17)11-10(13)8(2)14-15(11)3/h9H,4-7,13H2,1-3H3. The van der Waals surface area contributed by atoms with Crippen LogP contribution in [0.4, 0.5) is 5.69 Å². The van der Waals surface area contributed by atoms with E-state index in [-0.39, 0.29) is 5.91 Å². The lowest BCUT2D eigenvalue weighted by molar-refractivity contribution is 0.0777. The minimum absolute atomic E-state index is 0.0153. The van der Waals surface area contributed by atoms with Gasteiger partial charge < -0.3 is 10.6 Å². The number of hydrogen-bond donors (Lipinski definition) is 1. The molecule has 0 bridgehead atoms. The first-order valence-corrected chi connectivity index (χ1v) is 6.13. The van der Waals surface area contributed by atoms with Gasteiger partial charge in [0.15, 0.2) is 0 Å². The van der Waals surface area contributed by atoms with Crippen molar-refractivity contribution < 1.29 is 4.79 Å². The molecular weight excluding hydrogens is 216 g/mol. The van der Waals surface area contributed by atoms with E-state index >= 15 is 0 Å². The second kappa shape index (κ2) is 4.39. The van der Waals surface area contributed by atoms with Crippen molar-refractivity contribution in [2.75, 3.05) is 18.8 Å². The number of amides is 1. The molecular formula is C12H20N4O. The molecule has 1 fully saturated rings. The van der Waals surface area contributed by atoms with E-state index in [1.165, 1.54) is 0 Å². The molecule has 0 radical (unpaired) electrons. The molecule has 1 aromatic heterocycles. The van der Waals surface area contributed by atoms with Gasteiger partial charge in [-0.05, 0) is 19.3 Å². The molecule has 1 atom stereocenters. The van der Waals surface area contributed by atoms with E-state index < -0.39 is 0 Å². The van der Waals surface area contributed by atoms with Gasteiger partial charge >= 0.3 is 0 Å². The SMILES string of the molecule is CCC1CCN(C(=O)c2c(N)c(C)nn2C)C1. The van der Waals surface area contributed by atoms with Crippen LogP contribution in [0.5, 0.6) is 0 Å². The van der Waals surface area contributed by atoms with Crippen LogP contribution in [-0.4, -0.2) is 33.7 Å². The van der Waals surface area contributed by atoms with E-state index in [1.54, 1.807) is 11.7 Å². The highest BCUT2D eigenvalue weighted by molar-refractivity contribution is 5.98. The van der Waals surface area contributed by atoms with Gasteiger partial charge in [0, 0.05) is 20.1 Å². The smallest absolute Gasteiger partial charge is 0.274 e. The molecule has 17 heavy (non-hydrogen) atoms. The van der Waals surface area contributed by atoms with Crippen molar-refractivity contribution in [3.05, 3.63) is 11.4 Å². The third-order valence-electron chi connectivity index (χ3n) is 3.62. The predicted molar refractivity (Wildman–Crippen MR) is 66.7 cm³/mol. The van der Waals surface area contributed by atoms with Gasteiger partial charge in [-0.2, -0.15) is 5.10 Å². The highest BCUT2D eigenvalue weighted by atomic mass is 16.2. The second-order valence-electron chi connectivity index (χ2n) is 4.79. The van der Waals surface area contributed by atoms with Crippen LogP contribution in [0.25, 0.3) is 0 Å². The van der Waals surface area contributed by atoms with E-state index in [4.69, 9.17) is 5.73 Å². The van der Waals surface area contributed by atoms with Crippen LogP contribution >= 0.6 is 0 Å². The van der Waals surface area contributed by atoms with Gasteiger partial charge in [-0.1, -0.05) is 13.3 Å². The van der Waals surface area contributed by atoms with Gasteiger partial charge in [0.1, 0.15) is 5.69 Å². The Morgan fingerprint density at radius 3 is 2.76 bits per heavy atom. The fraction of sp³-hybridized carbons (Fsp3) is 0.667. The Morgan fingerprint density at radius 1 is 1.59 bits per heavy atom. The number of nitrogen functional groups attached to an aromatic ring is 1. The molecule has 0 saturated carbocycles. The van der Waals surface area contributed by atoms with Crippen molar-refractivity contribution in [3.63, 3.8) is 0 Å². The zero-order valence-corrected chi connectivity index (χ0v) is 10.7. The Hall–Kier alpha value is -1.52. The Balaban J connectivity index is 2.20. The van der Waals surface area contributed by atoms with Crippen LogP contribution in [-0.2, 0) is 7.05 Å². The maximum absolute atomic E-state index is 12.3. The Kier molecular flexibility index (Phi) is 3.09. The number of carbonyl (C=O) groups is 1. The summed E-state index contributed by atoms with van der Waals surface area (Å²) in [4.78, 5) is 14.2. The fourth-order valence-electron chi connectivity index (χ4n) is 2.43. The molecule has 1 aromatic rings. The average Bonchev–Trinajstić information content (AvgIpc) is 2.85. The lowest BCUT2D eigenvalue weighted by Crippen LogP contribution is -2.30. The first kappa shape index (κ1) is 12.0. The second-order valence-corrected chi connectivity index (χ2v) is 4.79. The zero-order valence-electron chi connectivity index (χ0n) is 10.7. The average molecular weight is 236 g/mol. The summed E-state index contributed by atoms with van der Waals surface area (Å²) in [6.07, 6.45) is 2.22. The van der Waals surface area contributed by atoms with Crippen LogP contribution in [0.2, 0.25) is 0 Å². The fourth-order valence-corrected chi connectivity index (χ4v) is 2.43. The van der Waals surface area contributed by atoms with Crippen LogP contribution in [0.3, 0.4) is 0 Å². The van der Waals surface area contributed by atoms with Crippen molar-refractivity contribution >= 4 is 11.6 Å². The van der Waals surface area contributed by atoms with Crippen molar-refractivity contribution in [1.29, 1.82) is 0 Å². The summed E-state index contributed by atoms with van der Waals surface area (Å²) in [5.41, 5.74) is 7.67. The number of aromatic nitrogens is 2. The van der Waals surface area contributed by atoms with Crippen LogP contribution < -0.4 is 5.73 Å². The van der Waals surface area contributed by atoms with Gasteiger partial charge in [-0.15, -0.1) is 0 Å². The van der Waals surface area contributed by atoms with Gasteiger partial charge in [0.05, 0.1) is 11.4 Å². The molecule has 5 heteroatoms. The summed E-state index contributed by atoms with van der Waals surface area (Å²) in [5.74, 6) is 0.649. The molecule has 5 nitrogen and oxygen atoms in total. The van der Waals surface area contributed by atoms with Crippen molar-refractivity contribution in [2.45, 2.75) is 26.7 Å². The van der Waals surface area contributed by atoms with E-state index in [2.05, 4.69) is 12.0 Å². The van der Waals surface area contributed by atoms with Crippen molar-refractivity contribution in [1.82, 2.24) is 14.7 Å². The number of likely N-dealkylation sites (tertiary alicyclic amines) is 1. The maximum Gasteiger partial charge on any atom is 0.274 e. The predicted octanol–water partition coefficient (Wildman–Crippen LogP) is 1.18. The Labute approximate surface area is 102 Å². The van der Waals surface area contributed by atoms with Crippen LogP contribution in [0.1, 0.15) is 35.9 Å². The molecule has 1 unspecified atom stereocenters. The summed E-state index contributed by atoms with van der Waals surface area (Å²) in [6.45, 7) is 5.67. The van der Waals surface area contributed by atoms with Gasteiger partial charge in [-0.25, -0.2) is 0 Å². The maximum atomic E-state index is 12.3. The third kappa shape index (κ3) is 2.01. The van der Waals surface area contributed by atoms with Gasteiger partial charge in [-0.3, -0.25) is 9.48 Å². The highest BCUT2D eigenvalue weighted by Gasteiger charge is 2.29. The van der Waals surface area contributed by atoms with Crippen LogP contribution in [0.15, 0.2) is 0 Å². The summed E-state index contributed by atoms with van der Waals surface area (Å²) >= 11 is 0. The molecule has 1 amide bonds. The molecule has 1 aliphatic heterocycles. The number of carbonyl (C=O) groups excluding carboxylic acids is 1. The molecule has 1 saturated heterocycles. The first-order chi connectivity index (χ1) is 8.04. The van der Waals surface area contributed by atoms with Crippen molar-refractivity contribution in [2.24, 2.45) is 13.0 Å². The lowest BCUT2D eigenvalue weighted by atomic mass is 10.1. The largest absolute Gasteiger partial charge is 0.395 e. The molecule has 2 N–H and O–H groups in total. The molecule has 2 heterocycles. The molecule has 0 aliphatic carbocycles. The highest BCUT2D eigenvalue weighted by Crippen LogP contribution is 2.23. The van der Waals surface area contributed by atoms with Crippen molar-refractivity contribution in [3.8, 4) is 0 Å². The molecule has 0 spiro atoms. The third-order valence-corrected chi connectivity index (χ3v) is 3.62. The molecule has 94 valence electrons. The topological polar surface area (TPSA) is 64.2 Å². The summed E-state index contributed by atoms with van der Waals surface area (Å²) in [7, 11) is 1.77. The zero-order chi connectivity index (χ0) is 12.6. The number of rotatable bonds is 2. The number of nitrogens with two attached hydrogens (primary N) is 1. The molecule has 1 aliphatic rings. The number of anilines is 1. The normalized spacial score (nSPS) is 19.9. The van der Waals surface area contributed by atoms with Gasteiger partial charge in [0.2, 0.25) is 0 Å². The van der Waals surface area contributed by atoms with E-state index in [9.17, 15) is 4.79 Å². The summed E-state index contributed by atoms with van der Waals surface area (Å²) in [5, 5.41) is 4.19. The summed E-state index contributed by atoms with van der Waals surface area (Å²) in [6, 6.07) is 0. The van der Waals surface area contributed by atoms with Crippen LogP contribution in [0, 0.1) is 12.8 Å². The monoisotopic (exact) mass is 236 g/mol. The van der Waals surface area contributed by atoms with Gasteiger partial charge in [0.25, 0.3) is 5.91 Å². The number of hydrogen-bond acceptors (Lipinski definition) is 3. The number of aryl methyl sites for hydroxylation is 2. The van der Waals surface area contributed by atoms with E-state index in [0.717, 1.165) is 31.6 Å². The summed E-state index contributed by atoms with van der Waals surface area (Å²) < 4.78 is 1.59. The Bertz CT molecular complexity index is 438.